The van der Waals surface area contributed by atoms with Gasteiger partial charge in [0, 0.05) is 13.7 Å². The average Bonchev–Trinajstić information content (AvgIpc) is 2.50. The van der Waals surface area contributed by atoms with Gasteiger partial charge in [-0.1, -0.05) is 33.1 Å². The predicted octanol–water partition coefficient (Wildman–Crippen LogP) is 5.17. The van der Waals surface area contributed by atoms with E-state index in [0.29, 0.717) is 5.41 Å². The first-order chi connectivity index (χ1) is 9.97. The number of rotatable bonds is 10. The Labute approximate surface area is 133 Å². The second-order valence-electron chi connectivity index (χ2n) is 7.83. The van der Waals surface area contributed by atoms with Crippen molar-refractivity contribution in [3.8, 4) is 0 Å². The summed E-state index contributed by atoms with van der Waals surface area (Å²) in [5.74, 6) is 0.995. The van der Waals surface area contributed by atoms with Gasteiger partial charge in [0.2, 0.25) is 0 Å². The highest BCUT2D eigenvalue weighted by Crippen LogP contribution is 2.44. The van der Waals surface area contributed by atoms with E-state index in [0.717, 1.165) is 12.5 Å². The van der Waals surface area contributed by atoms with Crippen LogP contribution in [0.5, 0.6) is 0 Å². The van der Waals surface area contributed by atoms with Crippen molar-refractivity contribution in [3.63, 3.8) is 0 Å². The summed E-state index contributed by atoms with van der Waals surface area (Å²) in [5.41, 5.74) is 0.548. The molecule has 1 saturated carbocycles. The van der Waals surface area contributed by atoms with Crippen molar-refractivity contribution in [3.05, 3.63) is 0 Å². The first-order valence-corrected chi connectivity index (χ1v) is 9.23. The van der Waals surface area contributed by atoms with Crippen LogP contribution >= 0.6 is 0 Å². The lowest BCUT2D eigenvalue weighted by molar-refractivity contribution is -0.00305. The standard InChI is InChI=1S/C19H39NO/c1-6-8-9-17-10-12-19(13-11-17,16-20-7-2)15-14-18(3,4)21-5/h17,20H,6-16H2,1-5H3. The Balaban J connectivity index is 2.52. The summed E-state index contributed by atoms with van der Waals surface area (Å²) in [6.45, 7) is 11.3. The van der Waals surface area contributed by atoms with Gasteiger partial charge in [0.05, 0.1) is 5.60 Å². The van der Waals surface area contributed by atoms with E-state index < -0.39 is 0 Å². The molecule has 126 valence electrons. The summed E-state index contributed by atoms with van der Waals surface area (Å²) in [7, 11) is 1.85. The average molecular weight is 298 g/mol. The fraction of sp³-hybridized carbons (Fsp3) is 1.00. The molecule has 2 heteroatoms. The van der Waals surface area contributed by atoms with Gasteiger partial charge in [0.1, 0.15) is 0 Å². The zero-order chi connectivity index (χ0) is 15.8. The second kappa shape index (κ2) is 9.15. The van der Waals surface area contributed by atoms with Gasteiger partial charge in [-0.05, 0) is 70.3 Å². The molecule has 21 heavy (non-hydrogen) atoms. The molecule has 0 amide bonds. The summed E-state index contributed by atoms with van der Waals surface area (Å²) in [6.07, 6.45) is 12.4. The minimum atomic E-state index is 0.0261. The van der Waals surface area contributed by atoms with Crippen molar-refractivity contribution in [2.45, 2.75) is 91.1 Å². The first kappa shape index (κ1) is 19.0. The minimum absolute atomic E-state index is 0.0261. The molecule has 1 aliphatic carbocycles. The van der Waals surface area contributed by atoms with E-state index in [9.17, 15) is 0 Å². The second-order valence-corrected chi connectivity index (χ2v) is 7.83. The maximum atomic E-state index is 5.63. The molecule has 0 heterocycles. The summed E-state index contributed by atoms with van der Waals surface area (Å²) in [4.78, 5) is 0. The van der Waals surface area contributed by atoms with E-state index in [2.05, 4.69) is 33.0 Å². The fourth-order valence-corrected chi connectivity index (χ4v) is 3.65. The van der Waals surface area contributed by atoms with Gasteiger partial charge in [-0.3, -0.25) is 0 Å². The third-order valence-electron chi connectivity index (χ3n) is 5.69. The van der Waals surface area contributed by atoms with Crippen LogP contribution in [0.25, 0.3) is 0 Å². The number of nitrogens with one attached hydrogen (secondary N) is 1. The van der Waals surface area contributed by atoms with E-state index in [-0.39, 0.29) is 5.60 Å². The minimum Gasteiger partial charge on any atom is -0.379 e. The van der Waals surface area contributed by atoms with E-state index in [4.69, 9.17) is 4.74 Å². The predicted molar refractivity (Wildman–Crippen MR) is 92.8 cm³/mol. The largest absolute Gasteiger partial charge is 0.379 e. The Morgan fingerprint density at radius 2 is 1.86 bits per heavy atom. The Hall–Kier alpha value is -0.0800. The summed E-state index contributed by atoms with van der Waals surface area (Å²) in [5, 5.41) is 3.63. The van der Waals surface area contributed by atoms with Crippen LogP contribution in [0.1, 0.15) is 85.5 Å². The van der Waals surface area contributed by atoms with E-state index in [1.807, 2.05) is 7.11 Å². The lowest BCUT2D eigenvalue weighted by Crippen LogP contribution is -2.39. The highest BCUT2D eigenvalue weighted by atomic mass is 16.5. The van der Waals surface area contributed by atoms with Crippen LogP contribution in [0.15, 0.2) is 0 Å². The lowest BCUT2D eigenvalue weighted by Gasteiger charge is -2.42. The van der Waals surface area contributed by atoms with Gasteiger partial charge in [0.15, 0.2) is 0 Å². The van der Waals surface area contributed by atoms with Crippen LogP contribution in [-0.2, 0) is 4.74 Å². The van der Waals surface area contributed by atoms with Gasteiger partial charge < -0.3 is 10.1 Å². The van der Waals surface area contributed by atoms with Gasteiger partial charge >= 0.3 is 0 Å². The molecule has 0 bridgehead atoms. The molecule has 2 nitrogen and oxygen atoms in total. The van der Waals surface area contributed by atoms with Gasteiger partial charge in [-0.25, -0.2) is 0 Å². The molecular formula is C19H39NO. The molecule has 1 N–H and O–H groups in total. The number of unbranched alkanes of at least 4 members (excludes halogenated alkanes) is 1. The number of hydrogen-bond acceptors (Lipinski definition) is 2. The molecule has 0 atom stereocenters. The van der Waals surface area contributed by atoms with Crippen LogP contribution in [0.4, 0.5) is 0 Å². The summed E-state index contributed by atoms with van der Waals surface area (Å²) < 4.78 is 5.63. The molecule has 0 saturated heterocycles. The van der Waals surface area contributed by atoms with Gasteiger partial charge in [0.25, 0.3) is 0 Å². The molecule has 0 aromatic carbocycles. The monoisotopic (exact) mass is 297 g/mol. The highest BCUT2D eigenvalue weighted by Gasteiger charge is 2.36. The molecule has 1 rings (SSSR count). The highest BCUT2D eigenvalue weighted by molar-refractivity contribution is 4.89. The maximum Gasteiger partial charge on any atom is 0.0623 e. The Morgan fingerprint density at radius 3 is 2.38 bits per heavy atom. The van der Waals surface area contributed by atoms with Crippen molar-refractivity contribution in [2.75, 3.05) is 20.2 Å². The Bertz CT molecular complexity index is 267. The van der Waals surface area contributed by atoms with Crippen molar-refractivity contribution in [1.82, 2.24) is 5.32 Å². The zero-order valence-corrected chi connectivity index (χ0v) is 15.3. The smallest absolute Gasteiger partial charge is 0.0623 e. The molecule has 0 spiro atoms. The zero-order valence-electron chi connectivity index (χ0n) is 15.3. The molecule has 0 unspecified atom stereocenters. The van der Waals surface area contributed by atoms with E-state index in [1.165, 1.54) is 64.3 Å². The van der Waals surface area contributed by atoms with Crippen LogP contribution in [0, 0.1) is 11.3 Å². The third kappa shape index (κ3) is 6.69. The molecule has 0 aromatic rings. The molecule has 1 fully saturated rings. The molecule has 0 aromatic heterocycles. The Morgan fingerprint density at radius 1 is 1.19 bits per heavy atom. The third-order valence-corrected chi connectivity index (χ3v) is 5.69. The van der Waals surface area contributed by atoms with E-state index in [1.54, 1.807) is 0 Å². The van der Waals surface area contributed by atoms with Crippen LogP contribution in [0.2, 0.25) is 0 Å². The lowest BCUT2D eigenvalue weighted by atomic mass is 9.66. The number of ether oxygens (including phenoxy) is 1. The topological polar surface area (TPSA) is 21.3 Å². The van der Waals surface area contributed by atoms with Crippen molar-refractivity contribution in [2.24, 2.45) is 11.3 Å². The molecule has 1 aliphatic rings. The quantitative estimate of drug-likeness (QED) is 0.601. The van der Waals surface area contributed by atoms with Gasteiger partial charge in [-0.2, -0.15) is 0 Å². The van der Waals surface area contributed by atoms with Crippen LogP contribution in [0.3, 0.4) is 0 Å². The fourth-order valence-electron chi connectivity index (χ4n) is 3.65. The Kier molecular flexibility index (Phi) is 8.26. The summed E-state index contributed by atoms with van der Waals surface area (Å²) >= 11 is 0. The number of hydrogen-bond donors (Lipinski definition) is 1. The molecule has 0 radical (unpaired) electrons. The van der Waals surface area contributed by atoms with Crippen molar-refractivity contribution < 1.29 is 4.74 Å². The molecular weight excluding hydrogens is 258 g/mol. The molecule has 0 aliphatic heterocycles. The maximum absolute atomic E-state index is 5.63. The first-order valence-electron chi connectivity index (χ1n) is 9.23. The number of methoxy groups -OCH3 is 1. The summed E-state index contributed by atoms with van der Waals surface area (Å²) in [6, 6.07) is 0. The van der Waals surface area contributed by atoms with Crippen LogP contribution in [-0.4, -0.2) is 25.8 Å². The van der Waals surface area contributed by atoms with Crippen LogP contribution < -0.4 is 5.32 Å². The SMILES string of the molecule is CCCCC1CCC(CCC(C)(C)OC)(CNCC)CC1. The van der Waals surface area contributed by atoms with Crippen molar-refractivity contribution >= 4 is 0 Å². The van der Waals surface area contributed by atoms with E-state index >= 15 is 0 Å². The van der Waals surface area contributed by atoms with Crippen molar-refractivity contribution in [1.29, 1.82) is 0 Å². The normalized spacial score (nSPS) is 27.0. The van der Waals surface area contributed by atoms with Gasteiger partial charge in [-0.15, -0.1) is 0 Å².